The largest absolute Gasteiger partial charge is 0.491 e. The third-order valence-electron chi connectivity index (χ3n) is 2.74. The molecule has 2 rings (SSSR count). The second kappa shape index (κ2) is 7.61. The van der Waals surface area contributed by atoms with Crippen molar-refractivity contribution in [2.24, 2.45) is 0 Å². The fourth-order valence-electron chi connectivity index (χ4n) is 1.70. The van der Waals surface area contributed by atoms with Crippen LogP contribution in [-0.2, 0) is 11.3 Å². The lowest BCUT2D eigenvalue weighted by Crippen LogP contribution is -2.07. The van der Waals surface area contributed by atoms with Crippen LogP contribution >= 0.6 is 11.6 Å². The van der Waals surface area contributed by atoms with Gasteiger partial charge in [-0.25, -0.2) is 0 Å². The van der Waals surface area contributed by atoms with Gasteiger partial charge in [-0.2, -0.15) is 0 Å². The average molecular weight is 308 g/mol. The van der Waals surface area contributed by atoms with Gasteiger partial charge in [-0.05, 0) is 18.2 Å². The molecule has 0 aromatic heterocycles. The van der Waals surface area contributed by atoms with Crippen molar-refractivity contribution in [2.75, 3.05) is 13.2 Å². The standard InChI is InChI=1S/C15H14ClNO4/c16-15-7-6-13(17(18)19)10-12(15)11-20-8-9-21-14-4-2-1-3-5-14/h1-7,10H,8-9,11H2. The van der Waals surface area contributed by atoms with Crippen LogP contribution in [-0.4, -0.2) is 18.1 Å². The molecule has 0 unspecified atom stereocenters. The highest BCUT2D eigenvalue weighted by atomic mass is 35.5. The number of nitro benzene ring substituents is 1. The molecule has 110 valence electrons. The number of hydrogen-bond acceptors (Lipinski definition) is 4. The molecule has 6 heteroatoms. The predicted molar refractivity (Wildman–Crippen MR) is 79.7 cm³/mol. The number of nitrogens with zero attached hydrogens (tertiary/aromatic N) is 1. The second-order valence-electron chi connectivity index (χ2n) is 4.25. The average Bonchev–Trinajstić information content (AvgIpc) is 2.49. The van der Waals surface area contributed by atoms with Gasteiger partial charge in [-0.3, -0.25) is 10.1 Å². The summed E-state index contributed by atoms with van der Waals surface area (Å²) in [6.45, 7) is 0.975. The van der Waals surface area contributed by atoms with Crippen LogP contribution in [0.3, 0.4) is 0 Å². The number of ether oxygens (including phenoxy) is 2. The molecule has 0 saturated carbocycles. The Morgan fingerprint density at radius 2 is 1.86 bits per heavy atom. The fourth-order valence-corrected chi connectivity index (χ4v) is 1.87. The monoisotopic (exact) mass is 307 g/mol. The highest BCUT2D eigenvalue weighted by Gasteiger charge is 2.09. The Balaban J connectivity index is 1.78. The molecule has 5 nitrogen and oxygen atoms in total. The van der Waals surface area contributed by atoms with Gasteiger partial charge in [-0.1, -0.05) is 29.8 Å². The lowest BCUT2D eigenvalue weighted by molar-refractivity contribution is -0.384. The van der Waals surface area contributed by atoms with E-state index in [1.54, 1.807) is 0 Å². The molecule has 0 bridgehead atoms. The molecular weight excluding hydrogens is 294 g/mol. The molecule has 0 radical (unpaired) electrons. The van der Waals surface area contributed by atoms with Crippen molar-refractivity contribution < 1.29 is 14.4 Å². The molecule has 0 fully saturated rings. The summed E-state index contributed by atoms with van der Waals surface area (Å²) in [5.74, 6) is 0.773. The van der Waals surface area contributed by atoms with Crippen LogP contribution in [0, 0.1) is 10.1 Å². The number of non-ortho nitro benzene ring substituents is 1. The minimum Gasteiger partial charge on any atom is -0.491 e. The van der Waals surface area contributed by atoms with E-state index in [4.69, 9.17) is 21.1 Å². The zero-order chi connectivity index (χ0) is 15.1. The minimum atomic E-state index is -0.460. The van der Waals surface area contributed by atoms with E-state index in [0.29, 0.717) is 23.8 Å². The summed E-state index contributed by atoms with van der Waals surface area (Å²) in [6.07, 6.45) is 0. The van der Waals surface area contributed by atoms with Crippen LogP contribution in [0.2, 0.25) is 5.02 Å². The molecular formula is C15H14ClNO4. The highest BCUT2D eigenvalue weighted by molar-refractivity contribution is 6.31. The van der Waals surface area contributed by atoms with Crippen molar-refractivity contribution in [2.45, 2.75) is 6.61 Å². The maximum Gasteiger partial charge on any atom is 0.269 e. The van der Waals surface area contributed by atoms with Gasteiger partial charge in [0.1, 0.15) is 12.4 Å². The lowest BCUT2D eigenvalue weighted by Gasteiger charge is -2.08. The Labute approximate surface area is 127 Å². The first-order valence-corrected chi connectivity index (χ1v) is 6.73. The van der Waals surface area contributed by atoms with Crippen LogP contribution < -0.4 is 4.74 Å². The first-order valence-electron chi connectivity index (χ1n) is 6.35. The molecule has 0 amide bonds. The highest BCUT2D eigenvalue weighted by Crippen LogP contribution is 2.22. The quantitative estimate of drug-likeness (QED) is 0.443. The van der Waals surface area contributed by atoms with Gasteiger partial charge in [0.15, 0.2) is 0 Å². The molecule has 0 atom stereocenters. The summed E-state index contributed by atoms with van der Waals surface area (Å²) < 4.78 is 10.9. The Hall–Kier alpha value is -2.11. The molecule has 0 N–H and O–H groups in total. The third-order valence-corrected chi connectivity index (χ3v) is 3.11. The van der Waals surface area contributed by atoms with Crippen molar-refractivity contribution in [1.29, 1.82) is 0 Å². The van der Waals surface area contributed by atoms with Gasteiger partial charge in [0, 0.05) is 22.7 Å². The number of rotatable bonds is 7. The van der Waals surface area contributed by atoms with E-state index < -0.39 is 4.92 Å². The predicted octanol–water partition coefficient (Wildman–Crippen LogP) is 3.84. The van der Waals surface area contributed by atoms with Crippen LogP contribution in [0.4, 0.5) is 5.69 Å². The smallest absolute Gasteiger partial charge is 0.269 e. The molecule has 2 aromatic carbocycles. The van der Waals surface area contributed by atoms with Crippen LogP contribution in [0.15, 0.2) is 48.5 Å². The topological polar surface area (TPSA) is 61.6 Å². The van der Waals surface area contributed by atoms with Gasteiger partial charge in [-0.15, -0.1) is 0 Å². The van der Waals surface area contributed by atoms with E-state index >= 15 is 0 Å². The van der Waals surface area contributed by atoms with Crippen LogP contribution in [0.1, 0.15) is 5.56 Å². The zero-order valence-corrected chi connectivity index (χ0v) is 12.0. The summed E-state index contributed by atoms with van der Waals surface area (Å²) in [6, 6.07) is 13.7. The number of benzene rings is 2. The van der Waals surface area contributed by atoms with E-state index in [9.17, 15) is 10.1 Å². The Morgan fingerprint density at radius 1 is 1.10 bits per heavy atom. The van der Waals surface area contributed by atoms with E-state index in [2.05, 4.69) is 0 Å². The first kappa shape index (κ1) is 15.3. The van der Waals surface area contributed by atoms with Crippen molar-refractivity contribution in [3.8, 4) is 5.75 Å². The van der Waals surface area contributed by atoms with E-state index in [-0.39, 0.29) is 12.3 Å². The first-order chi connectivity index (χ1) is 10.2. The normalized spacial score (nSPS) is 10.3. The molecule has 0 aliphatic carbocycles. The van der Waals surface area contributed by atoms with Gasteiger partial charge >= 0.3 is 0 Å². The Bertz CT molecular complexity index is 604. The summed E-state index contributed by atoms with van der Waals surface area (Å²) in [5.41, 5.74) is 0.587. The van der Waals surface area contributed by atoms with Gasteiger partial charge < -0.3 is 9.47 Å². The minimum absolute atomic E-state index is 0.00136. The third kappa shape index (κ3) is 4.73. The molecule has 0 aliphatic heterocycles. The fraction of sp³-hybridized carbons (Fsp3) is 0.200. The SMILES string of the molecule is O=[N+]([O-])c1ccc(Cl)c(COCCOc2ccccc2)c1. The number of halogens is 1. The molecule has 21 heavy (non-hydrogen) atoms. The summed E-state index contributed by atoms with van der Waals surface area (Å²) in [4.78, 5) is 10.2. The van der Waals surface area contributed by atoms with Crippen molar-refractivity contribution >= 4 is 17.3 Å². The van der Waals surface area contributed by atoms with Gasteiger partial charge in [0.05, 0.1) is 18.1 Å². The summed E-state index contributed by atoms with van der Waals surface area (Å²) in [7, 11) is 0. The summed E-state index contributed by atoms with van der Waals surface area (Å²) in [5, 5.41) is 11.1. The van der Waals surface area contributed by atoms with Crippen molar-refractivity contribution in [3.63, 3.8) is 0 Å². The maximum absolute atomic E-state index is 10.7. The van der Waals surface area contributed by atoms with Crippen molar-refractivity contribution in [1.82, 2.24) is 0 Å². The Kier molecular flexibility index (Phi) is 5.54. The second-order valence-corrected chi connectivity index (χ2v) is 4.65. The van der Waals surface area contributed by atoms with Crippen LogP contribution in [0.25, 0.3) is 0 Å². The van der Waals surface area contributed by atoms with Crippen molar-refractivity contribution in [3.05, 3.63) is 69.2 Å². The Morgan fingerprint density at radius 3 is 2.57 bits per heavy atom. The number of para-hydroxylation sites is 1. The molecule has 0 saturated heterocycles. The van der Waals surface area contributed by atoms with Crippen LogP contribution in [0.5, 0.6) is 5.75 Å². The summed E-state index contributed by atoms with van der Waals surface area (Å²) >= 11 is 5.98. The van der Waals surface area contributed by atoms with Gasteiger partial charge in [0.25, 0.3) is 5.69 Å². The maximum atomic E-state index is 10.7. The molecule has 2 aromatic rings. The lowest BCUT2D eigenvalue weighted by atomic mass is 10.2. The molecule has 0 aliphatic rings. The number of hydrogen-bond donors (Lipinski definition) is 0. The van der Waals surface area contributed by atoms with E-state index in [1.807, 2.05) is 30.3 Å². The molecule has 0 heterocycles. The van der Waals surface area contributed by atoms with E-state index in [1.165, 1.54) is 18.2 Å². The van der Waals surface area contributed by atoms with E-state index in [0.717, 1.165) is 5.75 Å². The van der Waals surface area contributed by atoms with Gasteiger partial charge in [0.2, 0.25) is 0 Å². The number of nitro groups is 1. The zero-order valence-electron chi connectivity index (χ0n) is 11.2. The molecule has 0 spiro atoms.